The molecule has 11 heavy (non-hydrogen) atoms. The van der Waals surface area contributed by atoms with Crippen LogP contribution in [0.3, 0.4) is 0 Å². The molecule has 0 saturated carbocycles. The van der Waals surface area contributed by atoms with Crippen molar-refractivity contribution >= 4 is 58.5 Å². The summed E-state index contributed by atoms with van der Waals surface area (Å²) >= 11 is 1.57. The van der Waals surface area contributed by atoms with Crippen LogP contribution in [0.25, 0.3) is 0 Å². The van der Waals surface area contributed by atoms with Gasteiger partial charge in [-0.25, -0.2) is 4.79 Å². The van der Waals surface area contributed by atoms with Gasteiger partial charge in [-0.3, -0.25) is 0 Å². The molecule has 1 rings (SSSR count). The summed E-state index contributed by atoms with van der Waals surface area (Å²) in [6, 6.07) is 8.86. The first-order valence-electron chi connectivity index (χ1n) is 2.72. The number of rotatable bonds is 1. The zero-order valence-electron chi connectivity index (χ0n) is 5.08. The molecule has 0 spiro atoms. The molecular weight excluding hydrogens is 266 g/mol. The minimum atomic E-state index is -0.304. The number of halogens is 1. The molecule has 0 aromatic heterocycles. The number of benzene rings is 1. The first kappa shape index (κ1) is 11.4. The fourth-order valence-corrected chi connectivity index (χ4v) is 0.873. The van der Waals surface area contributed by atoms with Gasteiger partial charge in [0.1, 0.15) is 0 Å². The van der Waals surface area contributed by atoms with Crippen molar-refractivity contribution in [3.8, 4) is 0 Å². The Kier molecular flexibility index (Phi) is 6.22. The van der Waals surface area contributed by atoms with E-state index in [1.54, 1.807) is 47.3 Å². The van der Waals surface area contributed by atoms with Crippen molar-refractivity contribution in [1.29, 1.82) is 0 Å². The van der Waals surface area contributed by atoms with Crippen LogP contribution < -0.4 is 0 Å². The summed E-state index contributed by atoms with van der Waals surface area (Å²) in [5.41, 5.74) is 0.580. The van der Waals surface area contributed by atoms with E-state index in [0.717, 1.165) is 0 Å². The Hall–Kier alpha value is 0.420. The van der Waals surface area contributed by atoms with Crippen LogP contribution in [-0.2, 0) is 3.07 Å². The Morgan fingerprint density at radius 1 is 1.27 bits per heavy atom. The molecule has 0 amide bonds. The van der Waals surface area contributed by atoms with E-state index in [4.69, 9.17) is 0 Å². The van der Waals surface area contributed by atoms with Gasteiger partial charge in [-0.2, -0.15) is 0 Å². The van der Waals surface area contributed by atoms with Gasteiger partial charge in [0.25, 0.3) is 0 Å². The molecule has 0 N–H and O–H groups in total. The standard InChI is InChI=1S/C7H5IO2.Na.H/c8-10-7(9)6-4-2-1-3-5-6;;/h1-5H;;. The van der Waals surface area contributed by atoms with Gasteiger partial charge in [0.2, 0.25) is 0 Å². The second kappa shape index (κ2) is 5.99. The zero-order valence-corrected chi connectivity index (χ0v) is 7.24. The Morgan fingerprint density at radius 2 is 1.82 bits per heavy atom. The Labute approximate surface area is 101 Å². The summed E-state index contributed by atoms with van der Waals surface area (Å²) in [7, 11) is 0. The van der Waals surface area contributed by atoms with E-state index in [9.17, 15) is 4.79 Å². The third kappa shape index (κ3) is 3.55. The molecule has 0 fully saturated rings. The van der Waals surface area contributed by atoms with Gasteiger partial charge in [0, 0.05) is 0 Å². The number of carbonyl (C=O) groups is 1. The number of hydrogen-bond donors (Lipinski definition) is 0. The van der Waals surface area contributed by atoms with Crippen molar-refractivity contribution in [2.45, 2.75) is 0 Å². The molecule has 0 aliphatic heterocycles. The van der Waals surface area contributed by atoms with Gasteiger partial charge >= 0.3 is 35.5 Å². The monoisotopic (exact) mass is 272 g/mol. The fourth-order valence-electron chi connectivity index (χ4n) is 0.619. The third-order valence-electron chi connectivity index (χ3n) is 1.08. The maximum atomic E-state index is 10.8. The summed E-state index contributed by atoms with van der Waals surface area (Å²) in [5.74, 6) is -0.304. The molecular formula is C7H6INaO2. The van der Waals surface area contributed by atoms with Gasteiger partial charge in [-0.15, -0.1) is 0 Å². The van der Waals surface area contributed by atoms with Gasteiger partial charge in [0.15, 0.2) is 23.0 Å². The van der Waals surface area contributed by atoms with E-state index in [2.05, 4.69) is 3.07 Å². The van der Waals surface area contributed by atoms with Crippen LogP contribution in [0.5, 0.6) is 0 Å². The second-order valence-electron chi connectivity index (χ2n) is 1.73. The van der Waals surface area contributed by atoms with Gasteiger partial charge in [-0.1, -0.05) is 18.2 Å². The molecule has 0 aliphatic carbocycles. The molecule has 0 saturated heterocycles. The normalized spacial score (nSPS) is 8.09. The number of carbonyl (C=O) groups excluding carboxylic acids is 1. The molecule has 0 unspecified atom stereocenters. The summed E-state index contributed by atoms with van der Waals surface area (Å²) in [5, 5.41) is 0. The van der Waals surface area contributed by atoms with Crippen LogP contribution in [0.15, 0.2) is 30.3 Å². The van der Waals surface area contributed by atoms with Gasteiger partial charge in [0.05, 0.1) is 5.56 Å². The van der Waals surface area contributed by atoms with Crippen molar-refractivity contribution in [3.63, 3.8) is 0 Å². The fraction of sp³-hybridized carbons (Fsp3) is 0. The average Bonchev–Trinajstić information content (AvgIpc) is 2.05. The second-order valence-corrected chi connectivity index (χ2v) is 2.17. The zero-order chi connectivity index (χ0) is 7.40. The van der Waals surface area contributed by atoms with Crippen LogP contribution in [0.1, 0.15) is 10.4 Å². The quantitative estimate of drug-likeness (QED) is 0.572. The summed E-state index contributed by atoms with van der Waals surface area (Å²) in [4.78, 5) is 10.8. The first-order chi connectivity index (χ1) is 4.84. The van der Waals surface area contributed by atoms with Gasteiger partial charge < -0.3 is 3.07 Å². The van der Waals surface area contributed by atoms with Crippen LogP contribution >= 0.6 is 23.0 Å². The molecule has 1 aromatic carbocycles. The summed E-state index contributed by atoms with van der Waals surface area (Å²) < 4.78 is 4.47. The van der Waals surface area contributed by atoms with E-state index in [-0.39, 0.29) is 35.5 Å². The van der Waals surface area contributed by atoms with Crippen LogP contribution in [-0.4, -0.2) is 35.5 Å². The maximum absolute atomic E-state index is 10.8. The molecule has 2 nitrogen and oxygen atoms in total. The van der Waals surface area contributed by atoms with Crippen LogP contribution in [0, 0.1) is 0 Å². The molecule has 4 heteroatoms. The van der Waals surface area contributed by atoms with E-state index >= 15 is 0 Å². The number of hydrogen-bond acceptors (Lipinski definition) is 2. The minimum absolute atomic E-state index is 0. The SMILES string of the molecule is O=C(OI)c1ccccc1.[NaH]. The van der Waals surface area contributed by atoms with Crippen molar-refractivity contribution in [2.24, 2.45) is 0 Å². The molecule has 0 atom stereocenters. The Bertz CT molecular complexity index is 225. The van der Waals surface area contributed by atoms with Crippen molar-refractivity contribution in [3.05, 3.63) is 35.9 Å². The molecule has 0 bridgehead atoms. The van der Waals surface area contributed by atoms with Crippen LogP contribution in [0.4, 0.5) is 0 Å². The predicted octanol–water partition coefficient (Wildman–Crippen LogP) is 1.54. The molecule has 1 aromatic rings. The average molecular weight is 272 g/mol. The van der Waals surface area contributed by atoms with E-state index < -0.39 is 0 Å². The molecule has 0 radical (unpaired) electrons. The van der Waals surface area contributed by atoms with Crippen LogP contribution in [0.2, 0.25) is 0 Å². The summed E-state index contributed by atoms with van der Waals surface area (Å²) in [6.45, 7) is 0. The van der Waals surface area contributed by atoms with Crippen molar-refractivity contribution in [1.82, 2.24) is 0 Å². The Balaban J connectivity index is 0.000001000. The molecule has 0 heterocycles. The molecule has 54 valence electrons. The molecule has 0 aliphatic rings. The van der Waals surface area contributed by atoms with E-state index in [1.165, 1.54) is 0 Å². The van der Waals surface area contributed by atoms with Gasteiger partial charge in [-0.05, 0) is 12.1 Å². The van der Waals surface area contributed by atoms with E-state index in [0.29, 0.717) is 5.56 Å². The van der Waals surface area contributed by atoms with Crippen molar-refractivity contribution < 1.29 is 7.86 Å². The van der Waals surface area contributed by atoms with E-state index in [1.807, 2.05) is 6.07 Å². The first-order valence-corrected chi connectivity index (χ1v) is 3.60. The topological polar surface area (TPSA) is 26.3 Å². The third-order valence-corrected chi connectivity index (χ3v) is 1.48. The summed E-state index contributed by atoms with van der Waals surface area (Å²) in [6.07, 6.45) is 0. The predicted molar refractivity (Wildman–Crippen MR) is 53.0 cm³/mol. The Morgan fingerprint density at radius 3 is 2.27 bits per heavy atom. The van der Waals surface area contributed by atoms with Crippen molar-refractivity contribution in [2.75, 3.05) is 0 Å².